The number of hydrogen-bond donors (Lipinski definition) is 0. The Labute approximate surface area is 184 Å². The normalized spacial score (nSPS) is 18.7. The first-order valence-corrected chi connectivity index (χ1v) is 10.3. The molecule has 0 aromatic heterocycles. The van der Waals surface area contributed by atoms with Gasteiger partial charge in [0.1, 0.15) is 0 Å². The van der Waals surface area contributed by atoms with E-state index in [9.17, 15) is 0 Å². The summed E-state index contributed by atoms with van der Waals surface area (Å²) in [6, 6.07) is 15.9. The van der Waals surface area contributed by atoms with Crippen LogP contribution in [-0.4, -0.2) is 0 Å². The van der Waals surface area contributed by atoms with Crippen molar-refractivity contribution < 1.29 is 26.3 Å². The van der Waals surface area contributed by atoms with Gasteiger partial charge >= 0.3 is 0 Å². The van der Waals surface area contributed by atoms with Crippen LogP contribution in [0.25, 0.3) is 33.4 Å². The van der Waals surface area contributed by atoms with E-state index in [1.165, 1.54) is 36.4 Å². The monoisotopic (exact) mass is 450 g/mol. The van der Waals surface area contributed by atoms with Crippen molar-refractivity contribution in [2.45, 2.75) is 17.8 Å². The SMILES string of the molecule is FC1(F)c2ccccc2-c2cc3c(cc21)-c1cc2c(cc1C3(F)F)-c1ccccc1C2(F)F. The van der Waals surface area contributed by atoms with Gasteiger partial charge < -0.3 is 0 Å². The lowest BCUT2D eigenvalue weighted by Crippen LogP contribution is -2.13. The van der Waals surface area contributed by atoms with E-state index in [0.29, 0.717) is 0 Å². The van der Waals surface area contributed by atoms with Gasteiger partial charge in [0.05, 0.1) is 0 Å². The van der Waals surface area contributed by atoms with E-state index in [1.807, 2.05) is 0 Å². The number of rotatable bonds is 0. The summed E-state index contributed by atoms with van der Waals surface area (Å²) >= 11 is 0. The molecule has 3 aliphatic carbocycles. The Morgan fingerprint density at radius 1 is 0.333 bits per heavy atom. The van der Waals surface area contributed by atoms with Crippen LogP contribution in [0.3, 0.4) is 0 Å². The van der Waals surface area contributed by atoms with Gasteiger partial charge in [0.25, 0.3) is 17.8 Å². The highest BCUT2D eigenvalue weighted by Crippen LogP contribution is 2.61. The van der Waals surface area contributed by atoms with Crippen LogP contribution in [0.4, 0.5) is 26.3 Å². The van der Waals surface area contributed by atoms with Crippen molar-refractivity contribution in [1.82, 2.24) is 0 Å². The van der Waals surface area contributed by atoms with Crippen molar-refractivity contribution in [3.8, 4) is 33.4 Å². The number of alkyl halides is 6. The van der Waals surface area contributed by atoms with E-state index in [2.05, 4.69) is 0 Å². The molecule has 33 heavy (non-hydrogen) atoms. The predicted octanol–water partition coefficient (Wildman–Crippen LogP) is 8.05. The van der Waals surface area contributed by atoms with Gasteiger partial charge in [0.2, 0.25) is 0 Å². The zero-order chi connectivity index (χ0) is 22.9. The lowest BCUT2D eigenvalue weighted by molar-refractivity contribution is 0.0442. The van der Waals surface area contributed by atoms with E-state index in [1.54, 1.807) is 12.1 Å². The van der Waals surface area contributed by atoms with Gasteiger partial charge in [-0.2, -0.15) is 26.3 Å². The molecular formula is C27H12F6. The van der Waals surface area contributed by atoms with Gasteiger partial charge in [0.15, 0.2) is 0 Å². The van der Waals surface area contributed by atoms with Gasteiger partial charge in [-0.1, -0.05) is 48.5 Å². The van der Waals surface area contributed by atoms with Crippen molar-refractivity contribution in [2.24, 2.45) is 0 Å². The minimum Gasteiger partial charge on any atom is -0.196 e. The molecule has 0 nitrogen and oxygen atoms in total. The first-order valence-electron chi connectivity index (χ1n) is 10.3. The van der Waals surface area contributed by atoms with Gasteiger partial charge in [0, 0.05) is 33.4 Å². The molecule has 0 aliphatic heterocycles. The Hall–Kier alpha value is -3.54. The molecule has 0 bridgehead atoms. The molecule has 3 aliphatic rings. The summed E-state index contributed by atoms with van der Waals surface area (Å²) in [5.74, 6) is -10.2. The summed E-state index contributed by atoms with van der Waals surface area (Å²) in [6.45, 7) is 0. The third-order valence-electron chi connectivity index (χ3n) is 7.07. The standard InChI is InChI=1S/C27H12F6/c28-25(29)19-7-3-1-5-13(19)15-9-23-17(11-21(15)25)18-12-22-16(10-24(18)27(23,32)33)14-6-2-4-8-20(14)26(22,30)31/h1-12H. The van der Waals surface area contributed by atoms with Crippen molar-refractivity contribution in [3.63, 3.8) is 0 Å². The van der Waals surface area contributed by atoms with Crippen molar-refractivity contribution in [1.29, 1.82) is 0 Å². The summed E-state index contributed by atoms with van der Waals surface area (Å²) in [4.78, 5) is 0. The summed E-state index contributed by atoms with van der Waals surface area (Å²) in [5, 5.41) is 0. The molecule has 0 saturated heterocycles. The first kappa shape index (κ1) is 19.0. The lowest BCUT2D eigenvalue weighted by Gasteiger charge is -2.15. The van der Waals surface area contributed by atoms with Crippen LogP contribution in [0.5, 0.6) is 0 Å². The van der Waals surface area contributed by atoms with Crippen LogP contribution in [0.1, 0.15) is 33.4 Å². The molecule has 4 aromatic carbocycles. The molecule has 0 atom stereocenters. The van der Waals surface area contributed by atoms with Crippen LogP contribution in [0.2, 0.25) is 0 Å². The average molecular weight is 450 g/mol. The number of hydrogen-bond acceptors (Lipinski definition) is 0. The van der Waals surface area contributed by atoms with Crippen molar-refractivity contribution in [3.05, 3.63) is 106 Å². The Morgan fingerprint density at radius 3 is 0.970 bits per heavy atom. The second-order valence-corrected chi connectivity index (χ2v) is 8.70. The summed E-state index contributed by atoms with van der Waals surface area (Å²) in [6.07, 6.45) is 0. The zero-order valence-corrected chi connectivity index (χ0v) is 16.7. The van der Waals surface area contributed by atoms with Gasteiger partial charge in [-0.25, -0.2) is 0 Å². The highest BCUT2D eigenvalue weighted by Gasteiger charge is 2.52. The fraction of sp³-hybridized carbons (Fsp3) is 0.111. The van der Waals surface area contributed by atoms with E-state index in [0.717, 1.165) is 24.3 Å². The molecule has 0 heterocycles. The summed E-state index contributed by atoms with van der Waals surface area (Å²) < 4.78 is 92.0. The highest BCUT2D eigenvalue weighted by molar-refractivity contribution is 5.91. The molecular weight excluding hydrogens is 438 g/mol. The molecule has 0 unspecified atom stereocenters. The maximum absolute atomic E-state index is 15.6. The molecule has 0 radical (unpaired) electrons. The molecule has 0 spiro atoms. The van der Waals surface area contributed by atoms with Crippen LogP contribution in [-0.2, 0) is 17.8 Å². The van der Waals surface area contributed by atoms with E-state index in [-0.39, 0.29) is 55.6 Å². The molecule has 6 heteroatoms. The van der Waals surface area contributed by atoms with Gasteiger partial charge in [-0.15, -0.1) is 0 Å². The quantitative estimate of drug-likeness (QED) is 0.238. The lowest BCUT2D eigenvalue weighted by atomic mass is 9.95. The average Bonchev–Trinajstić information content (AvgIpc) is 3.27. The molecule has 7 rings (SSSR count). The molecule has 0 N–H and O–H groups in total. The first-order chi connectivity index (χ1) is 15.6. The van der Waals surface area contributed by atoms with Crippen molar-refractivity contribution >= 4 is 0 Å². The maximum atomic E-state index is 15.6. The largest absolute Gasteiger partial charge is 0.299 e. The maximum Gasteiger partial charge on any atom is 0.299 e. The highest BCUT2D eigenvalue weighted by atomic mass is 19.3. The molecule has 0 fully saturated rings. The minimum absolute atomic E-state index is 0.0463. The molecule has 162 valence electrons. The summed E-state index contributed by atoms with van der Waals surface area (Å²) in [5.41, 5.74) is -1.91. The Balaban J connectivity index is 1.52. The second kappa shape index (κ2) is 5.50. The third-order valence-corrected chi connectivity index (χ3v) is 7.07. The zero-order valence-electron chi connectivity index (χ0n) is 16.7. The second-order valence-electron chi connectivity index (χ2n) is 8.70. The van der Waals surface area contributed by atoms with Crippen molar-refractivity contribution in [2.75, 3.05) is 0 Å². The predicted molar refractivity (Wildman–Crippen MR) is 112 cm³/mol. The number of benzene rings is 4. The van der Waals surface area contributed by atoms with Crippen LogP contribution in [0, 0.1) is 0 Å². The minimum atomic E-state index is -3.51. The number of fused-ring (bicyclic) bond motifs is 9. The Bertz CT molecular complexity index is 1430. The molecule has 0 saturated carbocycles. The van der Waals surface area contributed by atoms with E-state index >= 15 is 26.3 Å². The fourth-order valence-electron chi connectivity index (χ4n) is 5.55. The Morgan fingerprint density at radius 2 is 0.606 bits per heavy atom. The third kappa shape index (κ3) is 2.06. The Kier molecular flexibility index (Phi) is 3.16. The topological polar surface area (TPSA) is 0 Å². The van der Waals surface area contributed by atoms with E-state index < -0.39 is 28.9 Å². The number of halogens is 6. The molecule has 4 aromatic rings. The molecule has 0 amide bonds. The van der Waals surface area contributed by atoms with Crippen LogP contribution >= 0.6 is 0 Å². The fourth-order valence-corrected chi connectivity index (χ4v) is 5.55. The van der Waals surface area contributed by atoms with E-state index in [4.69, 9.17) is 0 Å². The van der Waals surface area contributed by atoms with Gasteiger partial charge in [-0.3, -0.25) is 0 Å². The van der Waals surface area contributed by atoms with Crippen LogP contribution < -0.4 is 0 Å². The van der Waals surface area contributed by atoms with Gasteiger partial charge in [-0.05, 0) is 57.6 Å². The smallest absolute Gasteiger partial charge is 0.196 e. The van der Waals surface area contributed by atoms with Crippen LogP contribution in [0.15, 0.2) is 72.8 Å². The summed E-state index contributed by atoms with van der Waals surface area (Å²) in [7, 11) is 0.